The van der Waals surface area contributed by atoms with Crippen molar-refractivity contribution in [2.24, 2.45) is 0 Å². The predicted octanol–water partition coefficient (Wildman–Crippen LogP) is 3.73. The number of aliphatic hydroxyl groups is 1. The van der Waals surface area contributed by atoms with Crippen molar-refractivity contribution in [3.63, 3.8) is 0 Å². The Morgan fingerprint density at radius 2 is 1.96 bits per heavy atom. The molecular formula is C18H18ClN3O2. The van der Waals surface area contributed by atoms with Crippen molar-refractivity contribution in [3.05, 3.63) is 47.6 Å². The molecule has 2 heterocycles. The summed E-state index contributed by atoms with van der Waals surface area (Å²) in [7, 11) is 0. The third-order valence-corrected chi connectivity index (χ3v) is 4.62. The molecular weight excluding hydrogens is 326 g/mol. The van der Waals surface area contributed by atoms with Gasteiger partial charge in [-0.25, -0.2) is 9.50 Å². The summed E-state index contributed by atoms with van der Waals surface area (Å²) in [6.45, 7) is 0. The Bertz CT molecular complexity index is 856. The largest absolute Gasteiger partial charge is 0.473 e. The molecule has 1 aliphatic rings. The highest BCUT2D eigenvalue weighted by molar-refractivity contribution is 6.30. The van der Waals surface area contributed by atoms with Gasteiger partial charge in [0.15, 0.2) is 5.65 Å². The van der Waals surface area contributed by atoms with Crippen LogP contribution < -0.4 is 4.74 Å². The van der Waals surface area contributed by atoms with Crippen LogP contribution in [-0.2, 0) is 0 Å². The number of rotatable bonds is 3. The Morgan fingerprint density at radius 1 is 1.12 bits per heavy atom. The number of hydrogen-bond acceptors (Lipinski definition) is 4. The standard InChI is InChI=1S/C18H18ClN3O2/c19-13-3-1-2-12(10-13)16-11-20-17-8-9-18(21-22(16)17)24-15-6-4-14(23)5-7-15/h1-3,8-11,14-15,23H,4-7H2/t14-,15-. The molecule has 0 radical (unpaired) electrons. The first-order valence-electron chi connectivity index (χ1n) is 8.14. The number of hydrogen-bond donors (Lipinski definition) is 1. The summed E-state index contributed by atoms with van der Waals surface area (Å²) in [5.41, 5.74) is 2.59. The van der Waals surface area contributed by atoms with Gasteiger partial charge in [-0.1, -0.05) is 23.7 Å². The van der Waals surface area contributed by atoms with Crippen LogP contribution in [-0.4, -0.2) is 31.9 Å². The summed E-state index contributed by atoms with van der Waals surface area (Å²) < 4.78 is 7.78. The molecule has 0 saturated heterocycles. The van der Waals surface area contributed by atoms with Crippen LogP contribution in [0.25, 0.3) is 16.9 Å². The minimum atomic E-state index is -0.191. The highest BCUT2D eigenvalue weighted by Crippen LogP contribution is 2.26. The molecule has 124 valence electrons. The summed E-state index contributed by atoms with van der Waals surface area (Å²) >= 11 is 6.09. The fourth-order valence-corrected chi connectivity index (χ4v) is 3.29. The summed E-state index contributed by atoms with van der Waals surface area (Å²) in [5.74, 6) is 0.574. The molecule has 5 nitrogen and oxygen atoms in total. The first kappa shape index (κ1) is 15.4. The Morgan fingerprint density at radius 3 is 2.75 bits per heavy atom. The lowest BCUT2D eigenvalue weighted by Crippen LogP contribution is -2.26. The van der Waals surface area contributed by atoms with E-state index in [0.29, 0.717) is 10.9 Å². The van der Waals surface area contributed by atoms with Gasteiger partial charge in [-0.2, -0.15) is 0 Å². The molecule has 0 atom stereocenters. The van der Waals surface area contributed by atoms with Crippen LogP contribution in [0.15, 0.2) is 42.6 Å². The van der Waals surface area contributed by atoms with Gasteiger partial charge in [0.2, 0.25) is 5.88 Å². The van der Waals surface area contributed by atoms with Gasteiger partial charge in [-0.3, -0.25) is 0 Å². The van der Waals surface area contributed by atoms with Gasteiger partial charge >= 0.3 is 0 Å². The minimum absolute atomic E-state index is 0.108. The molecule has 3 aromatic rings. The maximum Gasteiger partial charge on any atom is 0.232 e. The second kappa shape index (κ2) is 6.42. The first-order chi connectivity index (χ1) is 11.7. The van der Waals surface area contributed by atoms with Crippen LogP contribution in [0.3, 0.4) is 0 Å². The Balaban J connectivity index is 1.63. The maximum atomic E-state index is 9.60. The highest BCUT2D eigenvalue weighted by atomic mass is 35.5. The zero-order chi connectivity index (χ0) is 16.5. The fourth-order valence-electron chi connectivity index (χ4n) is 3.10. The van der Waals surface area contributed by atoms with Crippen LogP contribution in [0.1, 0.15) is 25.7 Å². The maximum absolute atomic E-state index is 9.60. The van der Waals surface area contributed by atoms with Crippen molar-refractivity contribution >= 4 is 17.2 Å². The lowest BCUT2D eigenvalue weighted by atomic mass is 9.95. The lowest BCUT2D eigenvalue weighted by molar-refractivity contribution is 0.0637. The number of imidazole rings is 1. The third-order valence-electron chi connectivity index (χ3n) is 4.39. The van der Waals surface area contributed by atoms with E-state index in [1.165, 1.54) is 0 Å². The summed E-state index contributed by atoms with van der Waals surface area (Å²) in [6, 6.07) is 11.4. The second-order valence-corrected chi connectivity index (χ2v) is 6.58. The summed E-state index contributed by atoms with van der Waals surface area (Å²) in [6.07, 6.45) is 4.98. The molecule has 2 aromatic heterocycles. The topological polar surface area (TPSA) is 59.7 Å². The van der Waals surface area contributed by atoms with Gasteiger partial charge in [-0.15, -0.1) is 5.10 Å². The first-order valence-corrected chi connectivity index (χ1v) is 8.52. The lowest BCUT2D eigenvalue weighted by Gasteiger charge is -2.25. The van der Waals surface area contributed by atoms with Gasteiger partial charge in [-0.05, 0) is 43.9 Å². The number of nitrogens with zero attached hydrogens (tertiary/aromatic N) is 3. The van der Waals surface area contributed by atoms with Crippen molar-refractivity contribution < 1.29 is 9.84 Å². The molecule has 1 fully saturated rings. The molecule has 0 spiro atoms. The van der Waals surface area contributed by atoms with E-state index in [1.54, 1.807) is 10.7 Å². The molecule has 1 aromatic carbocycles. The molecule has 0 aliphatic heterocycles. The normalized spacial score (nSPS) is 21.1. The zero-order valence-electron chi connectivity index (χ0n) is 13.1. The van der Waals surface area contributed by atoms with Gasteiger partial charge in [0, 0.05) is 16.7 Å². The van der Waals surface area contributed by atoms with Crippen LogP contribution >= 0.6 is 11.6 Å². The van der Waals surface area contributed by atoms with Crippen LogP contribution in [0, 0.1) is 0 Å². The molecule has 1 saturated carbocycles. The fraction of sp³-hybridized carbons (Fsp3) is 0.333. The average Bonchev–Trinajstić information content (AvgIpc) is 3.00. The number of aliphatic hydroxyl groups excluding tert-OH is 1. The molecule has 4 rings (SSSR count). The van der Waals surface area contributed by atoms with E-state index < -0.39 is 0 Å². The summed E-state index contributed by atoms with van der Waals surface area (Å²) in [5, 5.41) is 14.9. The quantitative estimate of drug-likeness (QED) is 0.787. The van der Waals surface area contributed by atoms with E-state index in [9.17, 15) is 5.11 Å². The van der Waals surface area contributed by atoms with Crippen molar-refractivity contribution in [2.75, 3.05) is 0 Å². The predicted molar refractivity (Wildman–Crippen MR) is 92.3 cm³/mol. The number of halogens is 1. The molecule has 24 heavy (non-hydrogen) atoms. The highest BCUT2D eigenvalue weighted by Gasteiger charge is 2.21. The minimum Gasteiger partial charge on any atom is -0.473 e. The van der Waals surface area contributed by atoms with Crippen molar-refractivity contribution in [3.8, 4) is 17.1 Å². The van der Waals surface area contributed by atoms with E-state index in [2.05, 4.69) is 10.1 Å². The van der Waals surface area contributed by atoms with E-state index in [0.717, 1.165) is 42.6 Å². The summed E-state index contributed by atoms with van der Waals surface area (Å²) in [4.78, 5) is 4.39. The molecule has 0 amide bonds. The van der Waals surface area contributed by atoms with E-state index in [4.69, 9.17) is 16.3 Å². The molecule has 1 N–H and O–H groups in total. The molecule has 6 heteroatoms. The number of fused-ring (bicyclic) bond motifs is 1. The Labute approximate surface area is 144 Å². The van der Waals surface area contributed by atoms with Gasteiger partial charge < -0.3 is 9.84 Å². The molecule has 0 unspecified atom stereocenters. The molecule has 0 bridgehead atoms. The van der Waals surface area contributed by atoms with E-state index >= 15 is 0 Å². The number of aromatic nitrogens is 3. The second-order valence-electron chi connectivity index (χ2n) is 6.14. The van der Waals surface area contributed by atoms with Crippen molar-refractivity contribution in [1.29, 1.82) is 0 Å². The zero-order valence-corrected chi connectivity index (χ0v) is 13.9. The smallest absolute Gasteiger partial charge is 0.232 e. The Hall–Kier alpha value is -2.11. The number of ether oxygens (including phenoxy) is 1. The van der Waals surface area contributed by atoms with E-state index in [1.807, 2.05) is 36.4 Å². The SMILES string of the molecule is O[C@H]1CC[C@H](Oc2ccc3ncc(-c4cccc(Cl)c4)n3n2)CC1. The number of benzene rings is 1. The van der Waals surface area contributed by atoms with Gasteiger partial charge in [0.1, 0.15) is 6.10 Å². The van der Waals surface area contributed by atoms with E-state index in [-0.39, 0.29) is 12.2 Å². The van der Waals surface area contributed by atoms with Gasteiger partial charge in [0.25, 0.3) is 0 Å². The molecule has 1 aliphatic carbocycles. The van der Waals surface area contributed by atoms with Crippen LogP contribution in [0.5, 0.6) is 5.88 Å². The van der Waals surface area contributed by atoms with Crippen molar-refractivity contribution in [1.82, 2.24) is 14.6 Å². The van der Waals surface area contributed by atoms with Crippen molar-refractivity contribution in [2.45, 2.75) is 37.9 Å². The van der Waals surface area contributed by atoms with Crippen LogP contribution in [0.4, 0.5) is 0 Å². The third kappa shape index (κ3) is 3.09. The van der Waals surface area contributed by atoms with Gasteiger partial charge in [0.05, 0.1) is 18.0 Å². The monoisotopic (exact) mass is 343 g/mol. The Kier molecular flexibility index (Phi) is 4.12. The average molecular weight is 344 g/mol. The van der Waals surface area contributed by atoms with Crippen LogP contribution in [0.2, 0.25) is 5.02 Å².